The second-order valence-corrected chi connectivity index (χ2v) is 7.67. The third-order valence-electron chi connectivity index (χ3n) is 5.18. The molecule has 138 valence electrons. The normalized spacial score (nSPS) is 20.4. The third-order valence-corrected chi connectivity index (χ3v) is 5.92. The fraction of sp³-hybridized carbons (Fsp3) is 0.381. The van der Waals surface area contributed by atoms with Crippen molar-refractivity contribution in [1.82, 2.24) is 4.90 Å². The number of aliphatic hydroxyl groups excluding tert-OH is 1. The first-order valence-electron chi connectivity index (χ1n) is 8.96. The molecule has 2 aromatic carbocycles. The zero-order valence-corrected chi connectivity index (χ0v) is 16.1. The Kier molecular flexibility index (Phi) is 6.23. The van der Waals surface area contributed by atoms with E-state index in [1.165, 1.54) is 0 Å². The molecule has 1 heterocycles. The van der Waals surface area contributed by atoms with Crippen LogP contribution < -0.4 is 0 Å². The number of likely N-dealkylation sites (tertiary alicyclic amines) is 1. The van der Waals surface area contributed by atoms with Crippen molar-refractivity contribution in [3.05, 3.63) is 69.7 Å². The van der Waals surface area contributed by atoms with Gasteiger partial charge in [0.1, 0.15) is 0 Å². The van der Waals surface area contributed by atoms with Crippen LogP contribution in [0.2, 0.25) is 10.0 Å². The second kappa shape index (κ2) is 8.43. The van der Waals surface area contributed by atoms with Crippen molar-refractivity contribution in [2.75, 3.05) is 13.2 Å². The fourth-order valence-corrected chi connectivity index (χ4v) is 4.15. The number of amides is 1. The van der Waals surface area contributed by atoms with Crippen LogP contribution in [0.1, 0.15) is 36.8 Å². The molecule has 3 nitrogen and oxygen atoms in total. The zero-order chi connectivity index (χ0) is 18.6. The summed E-state index contributed by atoms with van der Waals surface area (Å²) in [7, 11) is 0. The third kappa shape index (κ3) is 3.90. The molecule has 1 unspecified atom stereocenters. The Morgan fingerprint density at radius 1 is 1.08 bits per heavy atom. The molecule has 1 N–H and O–H groups in total. The Hall–Kier alpha value is -1.55. The molecule has 0 bridgehead atoms. The Morgan fingerprint density at radius 3 is 2.54 bits per heavy atom. The monoisotopic (exact) mass is 391 g/mol. The van der Waals surface area contributed by atoms with E-state index in [1.807, 2.05) is 47.4 Å². The summed E-state index contributed by atoms with van der Waals surface area (Å²) in [5.74, 6) is 0.111. The van der Waals surface area contributed by atoms with Crippen molar-refractivity contribution >= 4 is 29.1 Å². The molecule has 0 aliphatic carbocycles. The number of carbonyl (C=O) groups excluding carboxylic acids is 1. The summed E-state index contributed by atoms with van der Waals surface area (Å²) in [6.45, 7) is 1.41. The summed E-state index contributed by atoms with van der Waals surface area (Å²) in [4.78, 5) is 15.5. The van der Waals surface area contributed by atoms with Crippen LogP contribution in [0.4, 0.5) is 0 Å². The molecule has 0 radical (unpaired) electrons. The number of rotatable bonds is 6. The minimum absolute atomic E-state index is 0.0645. The quantitative estimate of drug-likeness (QED) is 0.765. The molecule has 1 amide bonds. The lowest BCUT2D eigenvalue weighted by molar-refractivity contribution is -0.142. The average molecular weight is 392 g/mol. The van der Waals surface area contributed by atoms with Gasteiger partial charge in [-0.2, -0.15) is 0 Å². The minimum atomic E-state index is -0.649. The highest BCUT2D eigenvalue weighted by atomic mass is 35.5. The van der Waals surface area contributed by atoms with Crippen LogP contribution in [0.25, 0.3) is 0 Å². The topological polar surface area (TPSA) is 40.5 Å². The van der Waals surface area contributed by atoms with E-state index in [0.717, 1.165) is 30.5 Å². The predicted octanol–water partition coefficient (Wildman–Crippen LogP) is 4.83. The number of hydrogen-bond acceptors (Lipinski definition) is 2. The van der Waals surface area contributed by atoms with Gasteiger partial charge < -0.3 is 10.0 Å². The lowest BCUT2D eigenvalue weighted by atomic mass is 9.70. The molecule has 1 fully saturated rings. The van der Waals surface area contributed by atoms with Crippen molar-refractivity contribution in [3.63, 3.8) is 0 Å². The van der Waals surface area contributed by atoms with Gasteiger partial charge in [0.15, 0.2) is 0 Å². The van der Waals surface area contributed by atoms with Crippen molar-refractivity contribution in [2.24, 2.45) is 0 Å². The van der Waals surface area contributed by atoms with E-state index in [2.05, 4.69) is 0 Å². The Bertz CT molecular complexity index is 766. The zero-order valence-electron chi connectivity index (χ0n) is 14.6. The molecular formula is C21H23Cl2NO2. The highest BCUT2D eigenvalue weighted by Crippen LogP contribution is 2.41. The fourth-order valence-electron chi connectivity index (χ4n) is 3.86. The van der Waals surface area contributed by atoms with Gasteiger partial charge in [0.2, 0.25) is 5.91 Å². The van der Waals surface area contributed by atoms with Gasteiger partial charge in [0, 0.05) is 19.7 Å². The number of carbonyl (C=O) groups is 1. The van der Waals surface area contributed by atoms with Crippen molar-refractivity contribution in [1.29, 1.82) is 0 Å². The number of piperidine rings is 1. The standard InChI is InChI=1S/C21H23Cl2NO2/c22-18-9-8-17(14-19(18)23)21(11-5-13-25)10-4-12-24(20(21)26)15-16-6-2-1-3-7-16/h1-3,6-9,14,25H,4-5,10-13,15H2. The molecule has 1 aliphatic heterocycles. The van der Waals surface area contributed by atoms with E-state index in [-0.39, 0.29) is 12.5 Å². The second-order valence-electron chi connectivity index (χ2n) is 6.85. The van der Waals surface area contributed by atoms with Crippen LogP contribution in [0.3, 0.4) is 0 Å². The molecule has 1 saturated heterocycles. The summed E-state index contributed by atoms with van der Waals surface area (Å²) in [6.07, 6.45) is 2.86. The van der Waals surface area contributed by atoms with Gasteiger partial charge in [-0.15, -0.1) is 0 Å². The molecule has 0 aromatic heterocycles. The molecule has 1 atom stereocenters. The van der Waals surface area contributed by atoms with Crippen molar-refractivity contribution in [2.45, 2.75) is 37.6 Å². The van der Waals surface area contributed by atoms with Crippen molar-refractivity contribution in [3.8, 4) is 0 Å². The average Bonchev–Trinajstić information content (AvgIpc) is 2.66. The molecule has 3 rings (SSSR count). The summed E-state index contributed by atoms with van der Waals surface area (Å²) in [5, 5.41) is 10.3. The van der Waals surface area contributed by atoms with Crippen LogP contribution in [0, 0.1) is 0 Å². The van der Waals surface area contributed by atoms with Crippen LogP contribution >= 0.6 is 23.2 Å². The van der Waals surface area contributed by atoms with Gasteiger partial charge >= 0.3 is 0 Å². The Labute approximate surface area is 164 Å². The van der Waals surface area contributed by atoms with Gasteiger partial charge in [0.05, 0.1) is 15.5 Å². The molecule has 5 heteroatoms. The SMILES string of the molecule is O=C1N(Cc2ccccc2)CCCC1(CCCO)c1ccc(Cl)c(Cl)c1. The van der Waals surface area contributed by atoms with Gasteiger partial charge in [-0.25, -0.2) is 0 Å². The Morgan fingerprint density at radius 2 is 1.85 bits per heavy atom. The lowest BCUT2D eigenvalue weighted by Crippen LogP contribution is -2.51. The molecule has 0 spiro atoms. The molecule has 2 aromatic rings. The van der Waals surface area contributed by atoms with E-state index in [9.17, 15) is 9.90 Å². The molecular weight excluding hydrogens is 369 g/mol. The van der Waals surface area contributed by atoms with E-state index in [4.69, 9.17) is 23.2 Å². The van der Waals surface area contributed by atoms with E-state index >= 15 is 0 Å². The first-order chi connectivity index (χ1) is 12.6. The van der Waals surface area contributed by atoms with Gasteiger partial charge in [0.25, 0.3) is 0 Å². The maximum absolute atomic E-state index is 13.5. The number of benzene rings is 2. The minimum Gasteiger partial charge on any atom is -0.396 e. The number of nitrogens with zero attached hydrogens (tertiary/aromatic N) is 1. The molecule has 0 saturated carbocycles. The smallest absolute Gasteiger partial charge is 0.233 e. The van der Waals surface area contributed by atoms with Crippen LogP contribution in [-0.4, -0.2) is 29.1 Å². The van der Waals surface area contributed by atoms with Crippen LogP contribution in [0.5, 0.6) is 0 Å². The highest BCUT2D eigenvalue weighted by molar-refractivity contribution is 6.42. The Balaban J connectivity index is 1.94. The number of aliphatic hydroxyl groups is 1. The maximum Gasteiger partial charge on any atom is 0.233 e. The summed E-state index contributed by atoms with van der Waals surface area (Å²) >= 11 is 12.3. The maximum atomic E-state index is 13.5. The number of halogens is 2. The van der Waals surface area contributed by atoms with E-state index in [0.29, 0.717) is 29.4 Å². The highest BCUT2D eigenvalue weighted by Gasteiger charge is 2.44. The first kappa shape index (κ1) is 19.2. The number of hydrogen-bond donors (Lipinski definition) is 1. The molecule has 26 heavy (non-hydrogen) atoms. The van der Waals surface area contributed by atoms with Crippen LogP contribution in [0.15, 0.2) is 48.5 Å². The van der Waals surface area contributed by atoms with Gasteiger partial charge in [-0.05, 0) is 48.9 Å². The summed E-state index contributed by atoms with van der Waals surface area (Å²) in [5.41, 5.74) is 1.36. The summed E-state index contributed by atoms with van der Waals surface area (Å²) in [6, 6.07) is 15.5. The lowest BCUT2D eigenvalue weighted by Gasteiger charge is -2.42. The first-order valence-corrected chi connectivity index (χ1v) is 9.72. The van der Waals surface area contributed by atoms with E-state index < -0.39 is 5.41 Å². The predicted molar refractivity (Wildman–Crippen MR) is 106 cm³/mol. The molecule has 1 aliphatic rings. The van der Waals surface area contributed by atoms with Gasteiger partial charge in [-0.3, -0.25) is 4.79 Å². The van der Waals surface area contributed by atoms with E-state index in [1.54, 1.807) is 6.07 Å². The summed E-state index contributed by atoms with van der Waals surface area (Å²) < 4.78 is 0. The largest absolute Gasteiger partial charge is 0.396 e. The van der Waals surface area contributed by atoms with Crippen molar-refractivity contribution < 1.29 is 9.90 Å². The van der Waals surface area contributed by atoms with Crippen LogP contribution in [-0.2, 0) is 16.8 Å². The van der Waals surface area contributed by atoms with Gasteiger partial charge in [-0.1, -0.05) is 59.6 Å².